The van der Waals surface area contributed by atoms with Crippen LogP contribution < -0.4 is 5.32 Å². The van der Waals surface area contributed by atoms with Crippen molar-refractivity contribution in [2.24, 2.45) is 5.92 Å². The lowest BCUT2D eigenvalue weighted by molar-refractivity contribution is -0.137. The fraction of sp³-hybridized carbons (Fsp3) is 0.462. The van der Waals surface area contributed by atoms with Crippen LogP contribution in [0.1, 0.15) is 36.9 Å². The first-order valence-corrected chi connectivity index (χ1v) is 7.06. The molecule has 1 aromatic rings. The Labute approximate surface area is 122 Å². The molecule has 2 rings (SSSR count). The van der Waals surface area contributed by atoms with Gasteiger partial charge in [-0.05, 0) is 52.3 Å². The van der Waals surface area contributed by atoms with Gasteiger partial charge < -0.3 is 5.32 Å². The average molecular weight is 383 g/mol. The average Bonchev–Trinajstić information content (AvgIpc) is 2.69. The van der Waals surface area contributed by atoms with Crippen molar-refractivity contribution in [3.05, 3.63) is 32.9 Å². The van der Waals surface area contributed by atoms with Crippen LogP contribution in [0.5, 0.6) is 0 Å². The van der Waals surface area contributed by atoms with E-state index in [1.54, 1.807) is 0 Å². The smallest absolute Gasteiger partial charge is 0.349 e. The predicted octanol–water partition coefficient (Wildman–Crippen LogP) is 3.90. The first-order valence-electron chi connectivity index (χ1n) is 5.99. The zero-order chi connectivity index (χ0) is 14.2. The lowest BCUT2D eigenvalue weighted by Gasteiger charge is -2.20. The minimum absolute atomic E-state index is 0.0597. The molecule has 0 spiro atoms. The highest BCUT2D eigenvalue weighted by molar-refractivity contribution is 14.1. The fourth-order valence-corrected chi connectivity index (χ4v) is 3.05. The number of halogens is 4. The van der Waals surface area contributed by atoms with Gasteiger partial charge in [0.2, 0.25) is 5.91 Å². The molecule has 1 amide bonds. The lowest BCUT2D eigenvalue weighted by atomic mass is 9.91. The van der Waals surface area contributed by atoms with Crippen molar-refractivity contribution < 1.29 is 18.0 Å². The van der Waals surface area contributed by atoms with E-state index in [0.29, 0.717) is 12.0 Å². The Bertz CT molecular complexity index is 501. The molecule has 0 bridgehead atoms. The van der Waals surface area contributed by atoms with Gasteiger partial charge in [-0.2, -0.15) is 13.2 Å². The molecule has 1 heterocycles. The van der Waals surface area contributed by atoms with Gasteiger partial charge in [-0.25, -0.2) is 0 Å². The van der Waals surface area contributed by atoms with Gasteiger partial charge in [-0.1, -0.05) is 13.3 Å². The maximum Gasteiger partial charge on any atom is 0.416 e. The van der Waals surface area contributed by atoms with E-state index in [-0.39, 0.29) is 17.9 Å². The molecule has 1 N–H and O–H groups in total. The third kappa shape index (κ3) is 3.04. The monoisotopic (exact) mass is 383 g/mol. The Kier molecular flexibility index (Phi) is 4.08. The number of benzene rings is 1. The van der Waals surface area contributed by atoms with Gasteiger partial charge >= 0.3 is 6.18 Å². The zero-order valence-electron chi connectivity index (χ0n) is 10.2. The Balaban J connectivity index is 2.41. The van der Waals surface area contributed by atoms with E-state index >= 15 is 0 Å². The third-order valence-electron chi connectivity index (χ3n) is 3.42. The van der Waals surface area contributed by atoms with E-state index in [2.05, 4.69) is 5.32 Å². The Morgan fingerprint density at radius 2 is 2.11 bits per heavy atom. The van der Waals surface area contributed by atoms with Crippen LogP contribution in [-0.4, -0.2) is 5.91 Å². The molecule has 0 aliphatic carbocycles. The van der Waals surface area contributed by atoms with Crippen LogP contribution in [0.15, 0.2) is 18.2 Å². The molecule has 2 nitrogen and oxygen atoms in total. The van der Waals surface area contributed by atoms with Crippen LogP contribution >= 0.6 is 22.6 Å². The van der Waals surface area contributed by atoms with Crippen molar-refractivity contribution in [2.75, 3.05) is 0 Å². The number of alkyl halides is 3. The normalized spacial score (nSPS) is 23.5. The second-order valence-electron chi connectivity index (χ2n) is 4.65. The van der Waals surface area contributed by atoms with Gasteiger partial charge in [-0.15, -0.1) is 0 Å². The molecule has 1 saturated heterocycles. The zero-order valence-corrected chi connectivity index (χ0v) is 12.4. The van der Waals surface area contributed by atoms with Gasteiger partial charge in [0.1, 0.15) is 0 Å². The minimum atomic E-state index is -4.36. The predicted molar refractivity (Wildman–Crippen MR) is 73.4 cm³/mol. The molecule has 0 saturated carbocycles. The molecule has 6 heteroatoms. The van der Waals surface area contributed by atoms with Crippen molar-refractivity contribution in [1.82, 2.24) is 5.32 Å². The molecular formula is C13H13F3INO. The maximum absolute atomic E-state index is 12.8. The van der Waals surface area contributed by atoms with E-state index in [1.807, 2.05) is 29.5 Å². The summed E-state index contributed by atoms with van der Waals surface area (Å²) in [5, 5.41) is 2.78. The van der Waals surface area contributed by atoms with Crippen LogP contribution in [0.4, 0.5) is 13.2 Å². The molecule has 1 aliphatic heterocycles. The van der Waals surface area contributed by atoms with Crippen LogP contribution in [0, 0.1) is 9.49 Å². The standard InChI is InChI=1S/C13H13F3INO/c1-2-7-5-11(19)18-12(7)9-6-8(13(14,15)16)3-4-10(9)17/h3-4,6-7,12H,2,5H2,1H3,(H,18,19)/t7-,12-/m1/s1. The summed E-state index contributed by atoms with van der Waals surface area (Å²) in [6.07, 6.45) is -3.22. The number of carbonyl (C=O) groups excluding carboxylic acids is 1. The molecule has 1 aliphatic rings. The summed E-state index contributed by atoms with van der Waals surface area (Å²) >= 11 is 2.01. The summed E-state index contributed by atoms with van der Waals surface area (Å²) in [5.74, 6) is -0.0328. The molecule has 1 aromatic carbocycles. The van der Waals surface area contributed by atoms with Crippen molar-refractivity contribution in [1.29, 1.82) is 0 Å². The van der Waals surface area contributed by atoms with Crippen LogP contribution in [0.2, 0.25) is 0 Å². The van der Waals surface area contributed by atoms with E-state index in [0.717, 1.165) is 22.1 Å². The Hall–Kier alpha value is -0.790. The topological polar surface area (TPSA) is 29.1 Å². The molecule has 0 aromatic heterocycles. The van der Waals surface area contributed by atoms with Crippen molar-refractivity contribution in [2.45, 2.75) is 32.0 Å². The Morgan fingerprint density at radius 3 is 2.68 bits per heavy atom. The van der Waals surface area contributed by atoms with E-state index in [4.69, 9.17) is 0 Å². The van der Waals surface area contributed by atoms with E-state index in [1.165, 1.54) is 6.07 Å². The van der Waals surface area contributed by atoms with Gasteiger partial charge in [0, 0.05) is 9.99 Å². The second kappa shape index (κ2) is 5.30. The second-order valence-corrected chi connectivity index (χ2v) is 5.81. The quantitative estimate of drug-likeness (QED) is 0.772. The van der Waals surface area contributed by atoms with Crippen LogP contribution in [0.25, 0.3) is 0 Å². The Morgan fingerprint density at radius 1 is 1.42 bits per heavy atom. The summed E-state index contributed by atoms with van der Waals surface area (Å²) in [4.78, 5) is 11.5. The first kappa shape index (κ1) is 14.6. The SMILES string of the molecule is CC[C@@H]1CC(=O)N[C@H]1c1cc(C(F)(F)F)ccc1I. The van der Waals surface area contributed by atoms with E-state index < -0.39 is 11.7 Å². The van der Waals surface area contributed by atoms with E-state index in [9.17, 15) is 18.0 Å². The summed E-state index contributed by atoms with van der Waals surface area (Å²) in [7, 11) is 0. The number of hydrogen-bond acceptors (Lipinski definition) is 1. The first-order chi connectivity index (χ1) is 8.82. The minimum Gasteiger partial charge on any atom is -0.349 e. The number of carbonyl (C=O) groups is 1. The summed E-state index contributed by atoms with van der Waals surface area (Å²) in [5.41, 5.74) is -0.105. The largest absolute Gasteiger partial charge is 0.416 e. The van der Waals surface area contributed by atoms with Crippen molar-refractivity contribution in [3.8, 4) is 0 Å². The number of hydrogen-bond donors (Lipinski definition) is 1. The van der Waals surface area contributed by atoms with Gasteiger partial charge in [-0.3, -0.25) is 4.79 Å². The highest BCUT2D eigenvalue weighted by Crippen LogP contribution is 2.38. The molecule has 0 unspecified atom stereocenters. The summed E-state index contributed by atoms with van der Waals surface area (Å²) < 4.78 is 39.0. The molecule has 1 fully saturated rings. The molecule has 0 radical (unpaired) electrons. The summed E-state index contributed by atoms with van der Waals surface area (Å²) in [6.45, 7) is 1.94. The van der Waals surface area contributed by atoms with Gasteiger partial charge in [0.15, 0.2) is 0 Å². The molecule has 19 heavy (non-hydrogen) atoms. The van der Waals surface area contributed by atoms with Crippen LogP contribution in [-0.2, 0) is 11.0 Å². The molecular weight excluding hydrogens is 370 g/mol. The highest BCUT2D eigenvalue weighted by Gasteiger charge is 2.36. The fourth-order valence-electron chi connectivity index (χ4n) is 2.38. The molecule has 2 atom stereocenters. The maximum atomic E-state index is 12.8. The number of nitrogens with one attached hydrogen (secondary N) is 1. The lowest BCUT2D eigenvalue weighted by Crippen LogP contribution is -2.22. The molecule has 104 valence electrons. The number of amides is 1. The van der Waals surface area contributed by atoms with Crippen molar-refractivity contribution in [3.63, 3.8) is 0 Å². The van der Waals surface area contributed by atoms with Gasteiger partial charge in [0.25, 0.3) is 0 Å². The number of rotatable bonds is 2. The summed E-state index contributed by atoms with van der Waals surface area (Å²) in [6, 6.07) is 3.37. The van der Waals surface area contributed by atoms with Gasteiger partial charge in [0.05, 0.1) is 11.6 Å². The van der Waals surface area contributed by atoms with Crippen molar-refractivity contribution >= 4 is 28.5 Å². The third-order valence-corrected chi connectivity index (χ3v) is 4.40. The highest BCUT2D eigenvalue weighted by atomic mass is 127. The van der Waals surface area contributed by atoms with Crippen LogP contribution in [0.3, 0.4) is 0 Å².